The van der Waals surface area contributed by atoms with E-state index in [2.05, 4.69) is 25.2 Å². The smallest absolute Gasteiger partial charge is 0.255 e. The third-order valence-electron chi connectivity index (χ3n) is 3.88. The van der Waals surface area contributed by atoms with Gasteiger partial charge in [-0.05, 0) is 24.6 Å². The minimum absolute atomic E-state index is 0.0241. The molecule has 0 radical (unpaired) electrons. The second kappa shape index (κ2) is 7.04. The maximum Gasteiger partial charge on any atom is 0.255 e. The monoisotopic (exact) mass is 312 g/mol. The van der Waals surface area contributed by atoms with Crippen LogP contribution in [0.2, 0.25) is 0 Å². The summed E-state index contributed by atoms with van der Waals surface area (Å²) in [7, 11) is 1.80. The van der Waals surface area contributed by atoms with E-state index in [-0.39, 0.29) is 5.91 Å². The maximum absolute atomic E-state index is 12.6. The summed E-state index contributed by atoms with van der Waals surface area (Å²) in [5, 5.41) is 2.95. The first-order chi connectivity index (χ1) is 11.3. The van der Waals surface area contributed by atoms with Crippen molar-refractivity contribution >= 4 is 17.7 Å². The SMILES string of the molecule is CNc1ccc(C(=O)N2CCCN(c3ncccn3)CC2)cn1. The van der Waals surface area contributed by atoms with Crippen LogP contribution in [0, 0.1) is 0 Å². The Balaban J connectivity index is 1.66. The van der Waals surface area contributed by atoms with Crippen LogP contribution in [-0.2, 0) is 0 Å². The van der Waals surface area contributed by atoms with Gasteiger partial charge in [-0.3, -0.25) is 4.79 Å². The standard InChI is InChI=1S/C16H20N6O/c1-17-14-5-4-13(12-20-14)15(23)21-8-3-9-22(11-10-21)16-18-6-2-7-19-16/h2,4-7,12H,3,8-11H2,1H3,(H,17,20). The zero-order valence-electron chi connectivity index (χ0n) is 13.1. The predicted molar refractivity (Wildman–Crippen MR) is 88.5 cm³/mol. The van der Waals surface area contributed by atoms with Crippen molar-refractivity contribution in [2.45, 2.75) is 6.42 Å². The molecule has 0 aromatic carbocycles. The fourth-order valence-corrected chi connectivity index (χ4v) is 2.63. The summed E-state index contributed by atoms with van der Waals surface area (Å²) in [4.78, 5) is 29.4. The summed E-state index contributed by atoms with van der Waals surface area (Å²) < 4.78 is 0. The molecule has 0 spiro atoms. The number of nitrogens with one attached hydrogen (secondary N) is 1. The molecule has 0 unspecified atom stereocenters. The van der Waals surface area contributed by atoms with Crippen molar-refractivity contribution in [3.63, 3.8) is 0 Å². The van der Waals surface area contributed by atoms with Crippen LogP contribution in [0.5, 0.6) is 0 Å². The first-order valence-corrected chi connectivity index (χ1v) is 7.73. The summed E-state index contributed by atoms with van der Waals surface area (Å²) in [6.45, 7) is 2.98. The first kappa shape index (κ1) is 15.2. The average molecular weight is 312 g/mol. The molecular weight excluding hydrogens is 292 g/mol. The van der Waals surface area contributed by atoms with Crippen molar-refractivity contribution in [1.82, 2.24) is 19.9 Å². The molecule has 1 aliphatic heterocycles. The zero-order valence-corrected chi connectivity index (χ0v) is 13.1. The van der Waals surface area contributed by atoms with Crippen molar-refractivity contribution in [3.05, 3.63) is 42.4 Å². The van der Waals surface area contributed by atoms with Crippen LogP contribution in [0.15, 0.2) is 36.8 Å². The van der Waals surface area contributed by atoms with Crippen LogP contribution >= 0.6 is 0 Å². The maximum atomic E-state index is 12.6. The summed E-state index contributed by atoms with van der Waals surface area (Å²) in [6, 6.07) is 5.43. The van der Waals surface area contributed by atoms with Gasteiger partial charge in [0.15, 0.2) is 0 Å². The Morgan fingerprint density at radius 3 is 2.61 bits per heavy atom. The van der Waals surface area contributed by atoms with Gasteiger partial charge in [-0.15, -0.1) is 0 Å². The molecule has 120 valence electrons. The summed E-state index contributed by atoms with van der Waals surface area (Å²) in [5.41, 5.74) is 0.619. The second-order valence-electron chi connectivity index (χ2n) is 5.36. The molecule has 7 heteroatoms. The van der Waals surface area contributed by atoms with Gasteiger partial charge < -0.3 is 15.1 Å². The molecule has 1 N–H and O–H groups in total. The van der Waals surface area contributed by atoms with Crippen molar-refractivity contribution < 1.29 is 4.79 Å². The Morgan fingerprint density at radius 1 is 1.09 bits per heavy atom. The van der Waals surface area contributed by atoms with Gasteiger partial charge >= 0.3 is 0 Å². The van der Waals surface area contributed by atoms with Crippen LogP contribution < -0.4 is 10.2 Å². The molecule has 2 aromatic heterocycles. The summed E-state index contributed by atoms with van der Waals surface area (Å²) >= 11 is 0. The number of hydrogen-bond donors (Lipinski definition) is 1. The fraction of sp³-hybridized carbons (Fsp3) is 0.375. The fourth-order valence-electron chi connectivity index (χ4n) is 2.63. The van der Waals surface area contributed by atoms with Crippen LogP contribution in [0.25, 0.3) is 0 Å². The van der Waals surface area contributed by atoms with Crippen molar-refractivity contribution in [2.75, 3.05) is 43.4 Å². The van der Waals surface area contributed by atoms with E-state index in [0.29, 0.717) is 12.1 Å². The largest absolute Gasteiger partial charge is 0.373 e. The minimum atomic E-state index is 0.0241. The van der Waals surface area contributed by atoms with E-state index in [9.17, 15) is 4.79 Å². The van der Waals surface area contributed by atoms with Crippen LogP contribution in [0.3, 0.4) is 0 Å². The molecule has 1 fully saturated rings. The molecule has 2 aromatic rings. The van der Waals surface area contributed by atoms with E-state index in [4.69, 9.17) is 0 Å². The lowest BCUT2D eigenvalue weighted by molar-refractivity contribution is 0.0766. The quantitative estimate of drug-likeness (QED) is 0.920. The lowest BCUT2D eigenvalue weighted by Gasteiger charge is -2.22. The third-order valence-corrected chi connectivity index (χ3v) is 3.88. The van der Waals surface area contributed by atoms with Gasteiger partial charge in [0.25, 0.3) is 5.91 Å². The number of rotatable bonds is 3. The number of carbonyl (C=O) groups excluding carboxylic acids is 1. The first-order valence-electron chi connectivity index (χ1n) is 7.73. The minimum Gasteiger partial charge on any atom is -0.373 e. The van der Waals surface area contributed by atoms with Gasteiger partial charge in [0.2, 0.25) is 5.95 Å². The van der Waals surface area contributed by atoms with E-state index in [1.807, 2.05) is 17.0 Å². The highest BCUT2D eigenvalue weighted by Gasteiger charge is 2.21. The zero-order chi connectivity index (χ0) is 16.1. The Bertz CT molecular complexity index is 645. The third kappa shape index (κ3) is 3.56. The predicted octanol–water partition coefficient (Wildman–Crippen LogP) is 1.27. The molecular formula is C16H20N6O. The van der Waals surface area contributed by atoms with Crippen LogP contribution in [-0.4, -0.2) is 59.0 Å². The molecule has 1 aliphatic rings. The lowest BCUT2D eigenvalue weighted by Crippen LogP contribution is -2.35. The summed E-state index contributed by atoms with van der Waals surface area (Å²) in [5.74, 6) is 1.50. The van der Waals surface area contributed by atoms with Gasteiger partial charge in [-0.25, -0.2) is 15.0 Å². The normalized spacial score (nSPS) is 15.2. The average Bonchev–Trinajstić information content (AvgIpc) is 2.88. The molecule has 1 saturated heterocycles. The number of hydrogen-bond acceptors (Lipinski definition) is 6. The Kier molecular flexibility index (Phi) is 4.65. The molecule has 0 bridgehead atoms. The molecule has 1 amide bonds. The Labute approximate surface area is 135 Å². The van der Waals surface area contributed by atoms with E-state index in [0.717, 1.165) is 37.8 Å². The van der Waals surface area contributed by atoms with Crippen molar-refractivity contribution in [1.29, 1.82) is 0 Å². The van der Waals surface area contributed by atoms with E-state index in [1.165, 1.54) is 0 Å². The lowest BCUT2D eigenvalue weighted by atomic mass is 10.2. The molecule has 3 heterocycles. The molecule has 0 aliphatic carbocycles. The molecule has 23 heavy (non-hydrogen) atoms. The number of amides is 1. The molecule has 3 rings (SSSR count). The Morgan fingerprint density at radius 2 is 1.91 bits per heavy atom. The van der Waals surface area contributed by atoms with Crippen molar-refractivity contribution in [2.24, 2.45) is 0 Å². The highest BCUT2D eigenvalue weighted by atomic mass is 16.2. The van der Waals surface area contributed by atoms with Gasteiger partial charge in [-0.2, -0.15) is 0 Å². The summed E-state index contributed by atoms with van der Waals surface area (Å²) in [6.07, 6.45) is 6.00. The topological polar surface area (TPSA) is 74.2 Å². The van der Waals surface area contributed by atoms with Crippen LogP contribution in [0.1, 0.15) is 16.8 Å². The van der Waals surface area contributed by atoms with Crippen LogP contribution in [0.4, 0.5) is 11.8 Å². The molecule has 7 nitrogen and oxygen atoms in total. The van der Waals surface area contributed by atoms with Gasteiger partial charge in [0.05, 0.1) is 5.56 Å². The highest BCUT2D eigenvalue weighted by Crippen LogP contribution is 2.13. The van der Waals surface area contributed by atoms with Crippen molar-refractivity contribution in [3.8, 4) is 0 Å². The molecule has 0 saturated carbocycles. The number of nitrogens with zero attached hydrogens (tertiary/aromatic N) is 5. The number of pyridine rings is 1. The second-order valence-corrected chi connectivity index (χ2v) is 5.36. The van der Waals surface area contributed by atoms with Gasteiger partial charge in [0, 0.05) is 51.8 Å². The number of aromatic nitrogens is 3. The number of carbonyl (C=O) groups is 1. The highest BCUT2D eigenvalue weighted by molar-refractivity contribution is 5.94. The number of anilines is 2. The van der Waals surface area contributed by atoms with E-state index in [1.54, 1.807) is 31.7 Å². The van der Waals surface area contributed by atoms with Gasteiger partial charge in [-0.1, -0.05) is 0 Å². The van der Waals surface area contributed by atoms with Gasteiger partial charge in [0.1, 0.15) is 5.82 Å². The Hall–Kier alpha value is -2.70. The van der Waals surface area contributed by atoms with E-state index >= 15 is 0 Å². The molecule has 0 atom stereocenters. The van der Waals surface area contributed by atoms with E-state index < -0.39 is 0 Å².